The first-order valence-corrected chi connectivity index (χ1v) is 8.50. The van der Waals surface area contributed by atoms with E-state index in [1.807, 2.05) is 0 Å². The highest BCUT2D eigenvalue weighted by Gasteiger charge is 2.33. The van der Waals surface area contributed by atoms with Crippen LogP contribution in [0.4, 0.5) is 5.69 Å². The van der Waals surface area contributed by atoms with Crippen LogP contribution in [0.25, 0.3) is 0 Å². The van der Waals surface area contributed by atoms with Crippen LogP contribution in [0, 0.1) is 5.92 Å². The highest BCUT2D eigenvalue weighted by Crippen LogP contribution is 2.36. The maximum absolute atomic E-state index is 3.51. The zero-order chi connectivity index (χ0) is 13.4. The second kappa shape index (κ2) is 5.40. The summed E-state index contributed by atoms with van der Waals surface area (Å²) in [6.45, 7) is 3.59. The molecule has 20 heavy (non-hydrogen) atoms. The van der Waals surface area contributed by atoms with Crippen molar-refractivity contribution in [2.24, 2.45) is 5.92 Å². The Morgan fingerprint density at radius 1 is 1.10 bits per heavy atom. The van der Waals surface area contributed by atoms with E-state index < -0.39 is 0 Å². The number of benzene rings is 1. The minimum absolute atomic E-state index is 0.874. The highest BCUT2D eigenvalue weighted by molar-refractivity contribution is 5.57. The van der Waals surface area contributed by atoms with Gasteiger partial charge in [0, 0.05) is 24.8 Å². The van der Waals surface area contributed by atoms with E-state index in [2.05, 4.69) is 28.4 Å². The summed E-state index contributed by atoms with van der Waals surface area (Å²) in [6.07, 6.45) is 9.94. The van der Waals surface area contributed by atoms with Crippen molar-refractivity contribution >= 4 is 5.69 Å². The molecule has 2 fully saturated rings. The van der Waals surface area contributed by atoms with Crippen molar-refractivity contribution in [1.29, 1.82) is 0 Å². The number of fused-ring (bicyclic) bond motifs is 1. The first-order chi connectivity index (χ1) is 9.90. The second-order valence-corrected chi connectivity index (χ2v) is 6.89. The van der Waals surface area contributed by atoms with E-state index >= 15 is 0 Å². The topological polar surface area (TPSA) is 15.3 Å². The van der Waals surface area contributed by atoms with Gasteiger partial charge < -0.3 is 5.32 Å². The summed E-state index contributed by atoms with van der Waals surface area (Å²) in [6, 6.07) is 7.96. The number of hydrogen-bond donors (Lipinski definition) is 1. The van der Waals surface area contributed by atoms with Gasteiger partial charge in [0.1, 0.15) is 0 Å². The summed E-state index contributed by atoms with van der Waals surface area (Å²) in [7, 11) is 0. The Hall–Kier alpha value is -1.02. The molecule has 1 aromatic carbocycles. The SMILES string of the molecule is c1cc2c(cc1CN1CCCC1C1CCCC1)NCC2. The third-order valence-corrected chi connectivity index (χ3v) is 5.63. The number of hydrogen-bond acceptors (Lipinski definition) is 2. The average molecular weight is 270 g/mol. The Balaban J connectivity index is 1.47. The molecular formula is C18H26N2. The molecule has 0 radical (unpaired) electrons. The van der Waals surface area contributed by atoms with Gasteiger partial charge in [0.2, 0.25) is 0 Å². The summed E-state index contributed by atoms with van der Waals surface area (Å²) < 4.78 is 0. The number of rotatable bonds is 3. The Morgan fingerprint density at radius 3 is 2.90 bits per heavy atom. The molecule has 2 nitrogen and oxygen atoms in total. The van der Waals surface area contributed by atoms with Gasteiger partial charge in [0.25, 0.3) is 0 Å². The van der Waals surface area contributed by atoms with Crippen LogP contribution in [0.3, 0.4) is 0 Å². The van der Waals surface area contributed by atoms with Gasteiger partial charge in [-0.15, -0.1) is 0 Å². The maximum atomic E-state index is 3.51. The van der Waals surface area contributed by atoms with Crippen LogP contribution in [-0.2, 0) is 13.0 Å². The third kappa shape index (κ3) is 2.35. The normalized spacial score (nSPS) is 26.9. The molecule has 1 atom stereocenters. The first kappa shape index (κ1) is 12.7. The molecule has 4 rings (SSSR count). The van der Waals surface area contributed by atoms with E-state index in [1.54, 1.807) is 0 Å². The third-order valence-electron chi connectivity index (χ3n) is 5.63. The Bertz CT molecular complexity index is 476. The highest BCUT2D eigenvalue weighted by atomic mass is 15.2. The maximum Gasteiger partial charge on any atom is 0.0376 e. The van der Waals surface area contributed by atoms with Crippen LogP contribution in [0.5, 0.6) is 0 Å². The van der Waals surface area contributed by atoms with Crippen LogP contribution < -0.4 is 5.32 Å². The van der Waals surface area contributed by atoms with Crippen molar-refractivity contribution < 1.29 is 0 Å². The molecule has 1 aromatic rings. The summed E-state index contributed by atoms with van der Waals surface area (Å²) in [5.41, 5.74) is 4.39. The molecule has 1 saturated carbocycles. The van der Waals surface area contributed by atoms with E-state index in [1.165, 1.54) is 68.3 Å². The summed E-state index contributed by atoms with van der Waals surface area (Å²) in [4.78, 5) is 2.77. The fourth-order valence-corrected chi connectivity index (χ4v) is 4.60. The van der Waals surface area contributed by atoms with E-state index in [-0.39, 0.29) is 0 Å². The van der Waals surface area contributed by atoms with Crippen LogP contribution in [0.15, 0.2) is 18.2 Å². The Morgan fingerprint density at radius 2 is 2.00 bits per heavy atom. The van der Waals surface area contributed by atoms with Crippen molar-refractivity contribution in [3.63, 3.8) is 0 Å². The van der Waals surface area contributed by atoms with Crippen LogP contribution >= 0.6 is 0 Å². The summed E-state index contributed by atoms with van der Waals surface area (Å²) >= 11 is 0. The van der Waals surface area contributed by atoms with Gasteiger partial charge in [-0.1, -0.05) is 25.0 Å². The monoisotopic (exact) mass is 270 g/mol. The van der Waals surface area contributed by atoms with Crippen LogP contribution in [-0.4, -0.2) is 24.0 Å². The number of nitrogens with zero attached hydrogens (tertiary/aromatic N) is 1. The molecule has 2 heterocycles. The predicted octanol–water partition coefficient (Wildman–Crippen LogP) is 3.81. The minimum atomic E-state index is 0.874. The van der Waals surface area contributed by atoms with Gasteiger partial charge in [0.15, 0.2) is 0 Å². The largest absolute Gasteiger partial charge is 0.384 e. The number of likely N-dealkylation sites (tertiary alicyclic amines) is 1. The number of nitrogens with one attached hydrogen (secondary N) is 1. The summed E-state index contributed by atoms with van der Waals surface area (Å²) in [5.74, 6) is 0.991. The molecule has 1 saturated heterocycles. The van der Waals surface area contributed by atoms with Crippen molar-refractivity contribution in [3.8, 4) is 0 Å². The smallest absolute Gasteiger partial charge is 0.0376 e. The molecule has 0 aromatic heterocycles. The standard InChI is InChI=1S/C18H26N2/c1-2-5-16(4-1)18-6-3-11-20(18)13-14-7-8-15-9-10-19-17(15)12-14/h7-8,12,16,18-19H,1-6,9-11,13H2. The van der Waals surface area contributed by atoms with Crippen molar-refractivity contribution in [2.45, 2.75) is 57.5 Å². The van der Waals surface area contributed by atoms with E-state index in [4.69, 9.17) is 0 Å². The van der Waals surface area contributed by atoms with Crippen LogP contribution in [0.1, 0.15) is 49.7 Å². The molecule has 1 aliphatic carbocycles. The molecule has 2 aliphatic heterocycles. The zero-order valence-corrected chi connectivity index (χ0v) is 12.4. The van der Waals surface area contributed by atoms with Gasteiger partial charge in [-0.2, -0.15) is 0 Å². The quantitative estimate of drug-likeness (QED) is 0.898. The molecule has 2 heteroatoms. The molecular weight excluding hydrogens is 244 g/mol. The second-order valence-electron chi connectivity index (χ2n) is 6.89. The fourth-order valence-electron chi connectivity index (χ4n) is 4.60. The van der Waals surface area contributed by atoms with Gasteiger partial charge in [0.05, 0.1) is 0 Å². The lowest BCUT2D eigenvalue weighted by atomic mass is 9.95. The molecule has 0 bridgehead atoms. The Labute approximate surface area is 122 Å². The van der Waals surface area contributed by atoms with Gasteiger partial charge >= 0.3 is 0 Å². The molecule has 108 valence electrons. The molecule has 3 aliphatic rings. The number of anilines is 1. The molecule has 0 spiro atoms. The lowest BCUT2D eigenvalue weighted by Gasteiger charge is -2.29. The lowest BCUT2D eigenvalue weighted by molar-refractivity contribution is 0.183. The fraction of sp³-hybridized carbons (Fsp3) is 0.667. The zero-order valence-electron chi connectivity index (χ0n) is 12.4. The van der Waals surface area contributed by atoms with Gasteiger partial charge in [-0.25, -0.2) is 0 Å². The van der Waals surface area contributed by atoms with E-state index in [9.17, 15) is 0 Å². The molecule has 1 unspecified atom stereocenters. The predicted molar refractivity (Wildman–Crippen MR) is 84.0 cm³/mol. The average Bonchev–Trinajstić information content (AvgIpc) is 3.19. The summed E-state index contributed by atoms with van der Waals surface area (Å²) in [5, 5.41) is 3.51. The van der Waals surface area contributed by atoms with Gasteiger partial charge in [-0.3, -0.25) is 4.90 Å². The van der Waals surface area contributed by atoms with Crippen molar-refractivity contribution in [3.05, 3.63) is 29.3 Å². The molecule has 1 N–H and O–H groups in total. The molecule has 0 amide bonds. The minimum Gasteiger partial charge on any atom is -0.384 e. The van der Waals surface area contributed by atoms with E-state index in [0.717, 1.165) is 25.0 Å². The van der Waals surface area contributed by atoms with E-state index in [0.29, 0.717) is 0 Å². The van der Waals surface area contributed by atoms with Crippen molar-refractivity contribution in [2.75, 3.05) is 18.4 Å². The first-order valence-electron chi connectivity index (χ1n) is 8.50. The Kier molecular flexibility index (Phi) is 3.43. The van der Waals surface area contributed by atoms with Crippen LogP contribution in [0.2, 0.25) is 0 Å². The van der Waals surface area contributed by atoms with Crippen molar-refractivity contribution in [1.82, 2.24) is 4.90 Å². The van der Waals surface area contributed by atoms with Gasteiger partial charge in [-0.05, 0) is 61.8 Å². The lowest BCUT2D eigenvalue weighted by Crippen LogP contribution is -2.34.